The maximum atomic E-state index is 13.0. The van der Waals surface area contributed by atoms with Crippen LogP contribution in [0.1, 0.15) is 27.5 Å². The summed E-state index contributed by atoms with van der Waals surface area (Å²) in [6.07, 6.45) is 0. The van der Waals surface area contributed by atoms with Gasteiger partial charge in [-0.2, -0.15) is 0 Å². The van der Waals surface area contributed by atoms with Gasteiger partial charge in [0.05, 0.1) is 6.04 Å². The van der Waals surface area contributed by atoms with Gasteiger partial charge >= 0.3 is 6.03 Å². The molecule has 1 aliphatic rings. The van der Waals surface area contributed by atoms with Crippen LogP contribution in [0.5, 0.6) is 0 Å². The van der Waals surface area contributed by atoms with Gasteiger partial charge in [-0.05, 0) is 35.4 Å². The summed E-state index contributed by atoms with van der Waals surface area (Å²) in [5.74, 6) is -0.0223. The Labute approximate surface area is 169 Å². The van der Waals surface area contributed by atoms with Crippen molar-refractivity contribution in [1.82, 2.24) is 15.5 Å². The number of halogens is 2. The lowest BCUT2D eigenvalue weighted by molar-refractivity contribution is 0.0634. The lowest BCUT2D eigenvalue weighted by Crippen LogP contribution is -2.48. The van der Waals surface area contributed by atoms with Gasteiger partial charge < -0.3 is 21.3 Å². The molecule has 1 unspecified atom stereocenters. The first kappa shape index (κ1) is 21.0. The fourth-order valence-electron chi connectivity index (χ4n) is 3.08. The summed E-state index contributed by atoms with van der Waals surface area (Å²) in [6.45, 7) is 2.40. The quantitative estimate of drug-likeness (QED) is 0.726. The fraction of sp³-hybridized carbons (Fsp3) is 0.263. The molecule has 4 N–H and O–H groups in total. The van der Waals surface area contributed by atoms with Crippen LogP contribution in [0.2, 0.25) is 5.02 Å². The van der Waals surface area contributed by atoms with E-state index in [-0.39, 0.29) is 24.4 Å². The summed E-state index contributed by atoms with van der Waals surface area (Å²) in [4.78, 5) is 25.7. The molecule has 144 valence electrons. The molecule has 0 bridgehead atoms. The van der Waals surface area contributed by atoms with Crippen molar-refractivity contribution in [2.45, 2.75) is 12.6 Å². The molecule has 2 aromatic carbocycles. The van der Waals surface area contributed by atoms with E-state index in [0.29, 0.717) is 30.2 Å². The standard InChI is InChI=1S/C19H21ClN4O2.ClH/c20-16-3-1-2-15(10-16)17-12-22-8-9-24(17)18(25)14-6-4-13(5-7-14)11-23-19(21)26;/h1-7,10,17,22H,8-9,11-12H2,(H3,21,23,26);1H. The largest absolute Gasteiger partial charge is 0.352 e. The predicted octanol–water partition coefficient (Wildman–Crippen LogP) is 2.72. The normalized spacial score (nSPS) is 16.3. The van der Waals surface area contributed by atoms with E-state index in [9.17, 15) is 9.59 Å². The first-order valence-corrected chi connectivity index (χ1v) is 8.82. The number of hydrogen-bond donors (Lipinski definition) is 3. The Balaban J connectivity index is 0.00000261. The molecule has 27 heavy (non-hydrogen) atoms. The number of nitrogens with one attached hydrogen (secondary N) is 2. The molecule has 0 saturated carbocycles. The Morgan fingerprint density at radius 3 is 2.63 bits per heavy atom. The van der Waals surface area contributed by atoms with E-state index in [2.05, 4.69) is 10.6 Å². The van der Waals surface area contributed by atoms with E-state index >= 15 is 0 Å². The van der Waals surface area contributed by atoms with E-state index in [1.54, 1.807) is 12.1 Å². The highest BCUT2D eigenvalue weighted by molar-refractivity contribution is 6.30. The van der Waals surface area contributed by atoms with Gasteiger partial charge in [0.1, 0.15) is 0 Å². The molecule has 6 nitrogen and oxygen atoms in total. The highest BCUT2D eigenvalue weighted by Gasteiger charge is 2.28. The monoisotopic (exact) mass is 408 g/mol. The van der Waals surface area contributed by atoms with E-state index in [1.807, 2.05) is 41.3 Å². The summed E-state index contributed by atoms with van der Waals surface area (Å²) in [5.41, 5.74) is 7.58. The highest BCUT2D eigenvalue weighted by atomic mass is 35.5. The number of carbonyl (C=O) groups is 2. The third-order valence-corrected chi connectivity index (χ3v) is 4.64. The zero-order chi connectivity index (χ0) is 18.5. The van der Waals surface area contributed by atoms with Crippen LogP contribution in [-0.2, 0) is 6.54 Å². The third-order valence-electron chi connectivity index (χ3n) is 4.41. The zero-order valence-electron chi connectivity index (χ0n) is 14.7. The summed E-state index contributed by atoms with van der Waals surface area (Å²) >= 11 is 6.12. The van der Waals surface area contributed by atoms with Crippen molar-refractivity contribution in [1.29, 1.82) is 0 Å². The molecule has 1 fully saturated rings. The molecule has 1 heterocycles. The second kappa shape index (κ2) is 9.60. The van der Waals surface area contributed by atoms with Gasteiger partial charge in [0.2, 0.25) is 0 Å². The third kappa shape index (κ3) is 5.35. The molecule has 2 aromatic rings. The van der Waals surface area contributed by atoms with Crippen molar-refractivity contribution < 1.29 is 9.59 Å². The molecule has 1 atom stereocenters. The summed E-state index contributed by atoms with van der Waals surface area (Å²) in [6, 6.07) is 14.2. The maximum absolute atomic E-state index is 13.0. The van der Waals surface area contributed by atoms with Gasteiger partial charge in [-0.3, -0.25) is 4.79 Å². The minimum absolute atomic E-state index is 0. The molecule has 0 radical (unpaired) electrons. The molecule has 8 heteroatoms. The van der Waals surface area contributed by atoms with E-state index in [4.69, 9.17) is 17.3 Å². The number of nitrogens with two attached hydrogens (primary N) is 1. The van der Waals surface area contributed by atoms with Crippen molar-refractivity contribution in [3.63, 3.8) is 0 Å². The Kier molecular flexibility index (Phi) is 7.47. The molecule has 3 rings (SSSR count). The summed E-state index contributed by atoms with van der Waals surface area (Å²) < 4.78 is 0. The first-order chi connectivity index (χ1) is 12.5. The second-order valence-electron chi connectivity index (χ2n) is 6.19. The van der Waals surface area contributed by atoms with Gasteiger partial charge in [0.25, 0.3) is 5.91 Å². The number of benzene rings is 2. The molecule has 1 aliphatic heterocycles. The number of rotatable bonds is 4. The lowest BCUT2D eigenvalue weighted by atomic mass is 10.0. The van der Waals surface area contributed by atoms with Gasteiger partial charge in [-0.25, -0.2) is 4.79 Å². The Hall–Kier alpha value is -2.28. The van der Waals surface area contributed by atoms with Crippen LogP contribution < -0.4 is 16.4 Å². The Morgan fingerprint density at radius 2 is 1.96 bits per heavy atom. The number of nitrogens with zero attached hydrogens (tertiary/aromatic N) is 1. The Morgan fingerprint density at radius 1 is 1.22 bits per heavy atom. The fourth-order valence-corrected chi connectivity index (χ4v) is 3.28. The van der Waals surface area contributed by atoms with Crippen molar-refractivity contribution in [2.24, 2.45) is 5.73 Å². The van der Waals surface area contributed by atoms with Crippen molar-refractivity contribution in [3.05, 3.63) is 70.2 Å². The number of carbonyl (C=O) groups excluding carboxylic acids is 2. The molecule has 1 saturated heterocycles. The maximum Gasteiger partial charge on any atom is 0.312 e. The first-order valence-electron chi connectivity index (χ1n) is 8.44. The number of urea groups is 1. The molecular weight excluding hydrogens is 387 g/mol. The second-order valence-corrected chi connectivity index (χ2v) is 6.62. The topological polar surface area (TPSA) is 87.5 Å². The SMILES string of the molecule is Cl.NC(=O)NCc1ccc(C(=O)N2CCNCC2c2cccc(Cl)c2)cc1. The van der Waals surface area contributed by atoms with Crippen molar-refractivity contribution >= 4 is 35.9 Å². The molecular formula is C19H22Cl2N4O2. The highest BCUT2D eigenvalue weighted by Crippen LogP contribution is 2.26. The van der Waals surface area contributed by atoms with E-state index in [0.717, 1.165) is 17.7 Å². The number of hydrogen-bond acceptors (Lipinski definition) is 3. The summed E-state index contributed by atoms with van der Waals surface area (Å²) in [5, 5.41) is 6.53. The molecule has 0 aliphatic carbocycles. The van der Waals surface area contributed by atoms with Gasteiger partial charge in [0.15, 0.2) is 0 Å². The van der Waals surface area contributed by atoms with Crippen molar-refractivity contribution in [2.75, 3.05) is 19.6 Å². The van der Waals surface area contributed by atoms with Gasteiger partial charge in [-0.15, -0.1) is 12.4 Å². The van der Waals surface area contributed by atoms with Crippen LogP contribution in [0.15, 0.2) is 48.5 Å². The molecule has 0 aromatic heterocycles. The van der Waals surface area contributed by atoms with Crippen LogP contribution in [0.3, 0.4) is 0 Å². The average Bonchev–Trinajstić information content (AvgIpc) is 2.66. The number of piperazine rings is 1. The zero-order valence-corrected chi connectivity index (χ0v) is 16.2. The minimum Gasteiger partial charge on any atom is -0.352 e. The van der Waals surface area contributed by atoms with Crippen LogP contribution in [-0.4, -0.2) is 36.5 Å². The molecule has 0 spiro atoms. The predicted molar refractivity (Wildman–Crippen MR) is 108 cm³/mol. The van der Waals surface area contributed by atoms with Crippen LogP contribution in [0.4, 0.5) is 4.79 Å². The number of amides is 3. The van der Waals surface area contributed by atoms with Crippen LogP contribution in [0.25, 0.3) is 0 Å². The van der Waals surface area contributed by atoms with Gasteiger partial charge in [0, 0.05) is 36.8 Å². The smallest absolute Gasteiger partial charge is 0.312 e. The Bertz CT molecular complexity index is 799. The van der Waals surface area contributed by atoms with Crippen LogP contribution >= 0.6 is 24.0 Å². The van der Waals surface area contributed by atoms with Crippen LogP contribution in [0, 0.1) is 0 Å². The van der Waals surface area contributed by atoms with Gasteiger partial charge in [-0.1, -0.05) is 35.9 Å². The summed E-state index contributed by atoms with van der Waals surface area (Å²) in [7, 11) is 0. The van der Waals surface area contributed by atoms with E-state index in [1.165, 1.54) is 0 Å². The van der Waals surface area contributed by atoms with E-state index < -0.39 is 6.03 Å². The lowest BCUT2D eigenvalue weighted by Gasteiger charge is -2.36. The molecule has 3 amide bonds. The minimum atomic E-state index is -0.574. The van der Waals surface area contributed by atoms with Crippen molar-refractivity contribution in [3.8, 4) is 0 Å². The number of primary amides is 1. The average molecular weight is 409 g/mol.